The summed E-state index contributed by atoms with van der Waals surface area (Å²) in [5.74, 6) is -0.970. The predicted octanol–water partition coefficient (Wildman–Crippen LogP) is 6.62. The zero-order valence-corrected chi connectivity index (χ0v) is 24.0. The predicted molar refractivity (Wildman–Crippen MR) is 166 cm³/mol. The number of pyridine rings is 1. The maximum atomic E-state index is 13.4. The smallest absolute Gasteiger partial charge is 0.272 e. The molecular weight excluding hydrogens is 532 g/mol. The Hall–Kier alpha value is -4.69. The molecule has 3 amide bonds. The summed E-state index contributed by atoms with van der Waals surface area (Å²) in [5, 5.41) is 8.31. The average Bonchev–Trinajstić information content (AvgIpc) is 2.96. The van der Waals surface area contributed by atoms with Gasteiger partial charge in [0.2, 0.25) is 5.91 Å². The minimum Gasteiger partial charge on any atom is -0.325 e. The molecule has 0 bridgehead atoms. The molecule has 0 saturated heterocycles. The zero-order valence-electron chi connectivity index (χ0n) is 23.2. The average molecular weight is 565 g/mol. The molecule has 0 aliphatic heterocycles. The molecule has 7 nitrogen and oxygen atoms in total. The van der Waals surface area contributed by atoms with Crippen LogP contribution in [-0.4, -0.2) is 28.0 Å². The second-order valence-corrected chi connectivity index (χ2v) is 10.8. The van der Waals surface area contributed by atoms with Gasteiger partial charge in [-0.15, -0.1) is 11.8 Å². The number of nitrogens with zero attached hydrogens (tertiary/aromatic N) is 1. The minimum atomic E-state index is -0.486. The zero-order chi connectivity index (χ0) is 29.2. The number of carbonyl (C=O) groups excluding carboxylic acids is 3. The summed E-state index contributed by atoms with van der Waals surface area (Å²) < 4.78 is 0. The van der Waals surface area contributed by atoms with Crippen LogP contribution in [0.15, 0.2) is 108 Å². The molecular formula is C33H32N4O3S. The monoisotopic (exact) mass is 564 g/mol. The maximum absolute atomic E-state index is 13.4. The molecule has 1 atom stereocenters. The lowest BCUT2D eigenvalue weighted by Gasteiger charge is -2.16. The molecule has 3 N–H and O–H groups in total. The van der Waals surface area contributed by atoms with E-state index in [1.807, 2.05) is 57.2 Å². The molecule has 0 fully saturated rings. The summed E-state index contributed by atoms with van der Waals surface area (Å²) in [7, 11) is 0. The third kappa shape index (κ3) is 8.65. The second kappa shape index (κ2) is 14.1. The van der Waals surface area contributed by atoms with Gasteiger partial charge >= 0.3 is 0 Å². The van der Waals surface area contributed by atoms with E-state index in [0.717, 1.165) is 21.7 Å². The molecule has 4 aromatic rings. The van der Waals surface area contributed by atoms with Crippen molar-refractivity contribution in [2.75, 3.05) is 10.6 Å². The van der Waals surface area contributed by atoms with Gasteiger partial charge in [-0.05, 0) is 91.6 Å². The molecule has 0 spiro atoms. The van der Waals surface area contributed by atoms with E-state index in [0.29, 0.717) is 23.2 Å². The number of hydrogen-bond donors (Lipinski definition) is 3. The molecule has 0 saturated carbocycles. The van der Waals surface area contributed by atoms with Crippen molar-refractivity contribution in [3.8, 4) is 0 Å². The highest BCUT2D eigenvalue weighted by Gasteiger charge is 2.19. The van der Waals surface area contributed by atoms with Gasteiger partial charge in [0.1, 0.15) is 5.70 Å². The van der Waals surface area contributed by atoms with Gasteiger partial charge in [-0.1, -0.05) is 43.3 Å². The van der Waals surface area contributed by atoms with E-state index in [1.165, 1.54) is 11.8 Å². The Bertz CT molecular complexity index is 1540. The van der Waals surface area contributed by atoms with Crippen LogP contribution in [0.25, 0.3) is 6.08 Å². The van der Waals surface area contributed by atoms with Gasteiger partial charge in [0.05, 0.1) is 5.25 Å². The third-order valence-corrected chi connectivity index (χ3v) is 7.40. The first-order valence-corrected chi connectivity index (χ1v) is 14.1. The fourth-order valence-electron chi connectivity index (χ4n) is 4.17. The van der Waals surface area contributed by atoms with Gasteiger partial charge in [0.15, 0.2) is 0 Å². The summed E-state index contributed by atoms with van der Waals surface area (Å²) in [6.07, 6.45) is 5.44. The fraction of sp³-hybridized carbons (Fsp3) is 0.152. The second-order valence-electron chi connectivity index (χ2n) is 9.53. The molecule has 0 aliphatic rings. The van der Waals surface area contributed by atoms with Crippen LogP contribution in [0.4, 0.5) is 11.4 Å². The van der Waals surface area contributed by atoms with Crippen molar-refractivity contribution in [1.29, 1.82) is 0 Å². The van der Waals surface area contributed by atoms with Gasteiger partial charge in [0.25, 0.3) is 11.8 Å². The summed E-state index contributed by atoms with van der Waals surface area (Å²) in [5.41, 5.74) is 4.65. The summed E-state index contributed by atoms with van der Waals surface area (Å²) in [6.45, 7) is 5.97. The largest absolute Gasteiger partial charge is 0.325 e. The summed E-state index contributed by atoms with van der Waals surface area (Å²) >= 11 is 1.43. The van der Waals surface area contributed by atoms with E-state index in [-0.39, 0.29) is 16.9 Å². The van der Waals surface area contributed by atoms with Crippen LogP contribution in [0.3, 0.4) is 0 Å². The van der Waals surface area contributed by atoms with E-state index in [9.17, 15) is 14.4 Å². The first-order chi connectivity index (χ1) is 19.8. The standard InChI is InChI=1S/C33H32N4O3S/c1-4-30(33(40)36-27-17-22(2)16-23(3)18-27)41-28-14-8-13-26(20-28)35-32(39)29(19-24-10-9-15-34-21-24)37-31(38)25-11-6-5-7-12-25/h5-21,30H,4H2,1-3H3,(H,35,39)(H,36,40)(H,37,38)/b29-19-. The number of nitrogens with one attached hydrogen (secondary N) is 3. The Labute approximate surface area is 244 Å². The number of aromatic nitrogens is 1. The Morgan fingerprint density at radius 3 is 2.29 bits per heavy atom. The van der Waals surface area contributed by atoms with Crippen LogP contribution in [0.1, 0.15) is 40.4 Å². The van der Waals surface area contributed by atoms with Crippen molar-refractivity contribution < 1.29 is 14.4 Å². The van der Waals surface area contributed by atoms with Crippen molar-refractivity contribution in [2.45, 2.75) is 37.3 Å². The van der Waals surface area contributed by atoms with Gasteiger partial charge in [0, 0.05) is 34.2 Å². The highest BCUT2D eigenvalue weighted by atomic mass is 32.2. The molecule has 1 unspecified atom stereocenters. The number of anilines is 2. The maximum Gasteiger partial charge on any atom is 0.272 e. The molecule has 1 aromatic heterocycles. The fourth-order valence-corrected chi connectivity index (χ4v) is 5.19. The van der Waals surface area contributed by atoms with Gasteiger partial charge < -0.3 is 16.0 Å². The molecule has 8 heteroatoms. The quantitative estimate of drug-likeness (QED) is 0.149. The highest BCUT2D eigenvalue weighted by molar-refractivity contribution is 8.00. The van der Waals surface area contributed by atoms with Crippen LogP contribution in [0.5, 0.6) is 0 Å². The third-order valence-electron chi connectivity index (χ3n) is 6.05. The Kier molecular flexibility index (Phi) is 10.1. The van der Waals surface area contributed by atoms with Crippen molar-refractivity contribution in [2.24, 2.45) is 0 Å². The van der Waals surface area contributed by atoms with Crippen LogP contribution in [-0.2, 0) is 9.59 Å². The molecule has 4 rings (SSSR count). The van der Waals surface area contributed by atoms with Crippen LogP contribution in [0.2, 0.25) is 0 Å². The Balaban J connectivity index is 1.48. The van der Waals surface area contributed by atoms with Gasteiger partial charge in [-0.25, -0.2) is 0 Å². The Morgan fingerprint density at radius 1 is 0.854 bits per heavy atom. The topological polar surface area (TPSA) is 100 Å². The molecule has 0 radical (unpaired) electrons. The lowest BCUT2D eigenvalue weighted by atomic mass is 10.1. The van der Waals surface area contributed by atoms with E-state index >= 15 is 0 Å². The molecule has 0 aliphatic carbocycles. The van der Waals surface area contributed by atoms with E-state index in [1.54, 1.807) is 60.9 Å². The van der Waals surface area contributed by atoms with Crippen molar-refractivity contribution >= 4 is 46.9 Å². The van der Waals surface area contributed by atoms with E-state index < -0.39 is 11.8 Å². The van der Waals surface area contributed by atoms with Crippen LogP contribution >= 0.6 is 11.8 Å². The number of thioether (sulfide) groups is 1. The van der Waals surface area contributed by atoms with Crippen molar-refractivity contribution in [1.82, 2.24) is 10.3 Å². The van der Waals surface area contributed by atoms with Crippen LogP contribution in [0, 0.1) is 13.8 Å². The number of aryl methyl sites for hydroxylation is 2. The van der Waals surface area contributed by atoms with Crippen molar-refractivity contribution in [3.05, 3.63) is 125 Å². The Morgan fingerprint density at radius 2 is 1.61 bits per heavy atom. The van der Waals surface area contributed by atoms with Crippen molar-refractivity contribution in [3.63, 3.8) is 0 Å². The number of amides is 3. The lowest BCUT2D eigenvalue weighted by molar-refractivity contribution is -0.116. The first-order valence-electron chi connectivity index (χ1n) is 13.3. The number of benzene rings is 3. The molecule has 1 heterocycles. The molecule has 41 heavy (non-hydrogen) atoms. The number of rotatable bonds is 10. The summed E-state index contributed by atoms with van der Waals surface area (Å²) in [6, 6.07) is 25.5. The normalized spacial score (nSPS) is 11.8. The summed E-state index contributed by atoms with van der Waals surface area (Å²) in [4.78, 5) is 44.2. The number of hydrogen-bond acceptors (Lipinski definition) is 5. The lowest BCUT2D eigenvalue weighted by Crippen LogP contribution is -2.30. The first kappa shape index (κ1) is 29.3. The highest BCUT2D eigenvalue weighted by Crippen LogP contribution is 2.29. The van der Waals surface area contributed by atoms with Gasteiger partial charge in [-0.2, -0.15) is 0 Å². The van der Waals surface area contributed by atoms with Gasteiger partial charge in [-0.3, -0.25) is 19.4 Å². The number of carbonyl (C=O) groups is 3. The molecule has 3 aromatic carbocycles. The van der Waals surface area contributed by atoms with E-state index in [4.69, 9.17) is 0 Å². The van der Waals surface area contributed by atoms with E-state index in [2.05, 4.69) is 27.0 Å². The SMILES string of the molecule is CCC(Sc1cccc(NC(=O)/C(=C/c2cccnc2)NC(=O)c2ccccc2)c1)C(=O)Nc1cc(C)cc(C)c1. The molecule has 208 valence electrons. The minimum absolute atomic E-state index is 0.0733. The van der Waals surface area contributed by atoms with Crippen LogP contribution < -0.4 is 16.0 Å².